The quantitative estimate of drug-likeness (QED) is 0.609. The number of esters is 1. The number of aliphatic hydroxyl groups excluding tert-OH is 1. The van der Waals surface area contributed by atoms with Crippen molar-refractivity contribution in [2.75, 3.05) is 13.2 Å². The number of aliphatic hydroxyl groups is 1. The van der Waals surface area contributed by atoms with Crippen molar-refractivity contribution in [2.45, 2.75) is 26.3 Å². The van der Waals surface area contributed by atoms with E-state index < -0.39 is 5.97 Å². The molecule has 1 rings (SSSR count). The number of carbonyl (C=O) groups excluding carboxylic acids is 1. The van der Waals surface area contributed by atoms with E-state index in [1.165, 1.54) is 6.92 Å². The van der Waals surface area contributed by atoms with Crippen LogP contribution in [-0.4, -0.2) is 30.3 Å². The van der Waals surface area contributed by atoms with Gasteiger partial charge in [-0.2, -0.15) is 0 Å². The average Bonchev–Trinajstić information content (AvgIpc) is 2.32. The van der Waals surface area contributed by atoms with Crippen LogP contribution in [0.3, 0.4) is 0 Å². The number of nitrogens with two attached hydrogens (primary N) is 1. The molecule has 5 nitrogen and oxygen atoms in total. The number of rotatable bonds is 6. The number of hydrogen-bond donors (Lipinski definition) is 2. The predicted molar refractivity (Wildman–Crippen MR) is 74.9 cm³/mol. The van der Waals surface area contributed by atoms with E-state index in [0.29, 0.717) is 24.5 Å². The van der Waals surface area contributed by atoms with Crippen LogP contribution in [0, 0.1) is 0 Å². The van der Waals surface area contributed by atoms with Crippen LogP contribution in [0.25, 0.3) is 0 Å². The van der Waals surface area contributed by atoms with Gasteiger partial charge in [-0.05, 0) is 31.0 Å². The molecule has 0 aromatic heterocycles. The summed E-state index contributed by atoms with van der Waals surface area (Å²) in [4.78, 5) is 10.9. The molecule has 0 saturated carbocycles. The SMILES string of the molecule is CCOc1cc(CC(N)CO)ccc1OC(C)=O.Cl. The second kappa shape index (κ2) is 8.74. The van der Waals surface area contributed by atoms with Crippen molar-refractivity contribution in [3.05, 3.63) is 23.8 Å². The summed E-state index contributed by atoms with van der Waals surface area (Å²) in [5.41, 5.74) is 6.60. The van der Waals surface area contributed by atoms with Crippen molar-refractivity contribution < 1.29 is 19.4 Å². The van der Waals surface area contributed by atoms with Crippen molar-refractivity contribution in [2.24, 2.45) is 5.73 Å². The van der Waals surface area contributed by atoms with E-state index in [9.17, 15) is 4.79 Å². The Hall–Kier alpha value is -1.30. The third-order valence-electron chi connectivity index (χ3n) is 2.29. The van der Waals surface area contributed by atoms with Gasteiger partial charge in [0.1, 0.15) is 0 Å². The smallest absolute Gasteiger partial charge is 0.308 e. The number of halogens is 1. The Labute approximate surface area is 119 Å². The van der Waals surface area contributed by atoms with Crippen LogP contribution in [-0.2, 0) is 11.2 Å². The topological polar surface area (TPSA) is 81.8 Å². The van der Waals surface area contributed by atoms with E-state index >= 15 is 0 Å². The highest BCUT2D eigenvalue weighted by Crippen LogP contribution is 2.29. The molecule has 1 aromatic carbocycles. The monoisotopic (exact) mass is 289 g/mol. The van der Waals surface area contributed by atoms with Gasteiger partial charge in [0.15, 0.2) is 11.5 Å². The maximum atomic E-state index is 10.9. The molecule has 0 aliphatic heterocycles. The molecule has 0 aliphatic carbocycles. The normalized spacial score (nSPS) is 11.4. The van der Waals surface area contributed by atoms with Gasteiger partial charge in [-0.1, -0.05) is 6.07 Å². The fourth-order valence-corrected chi connectivity index (χ4v) is 1.55. The summed E-state index contributed by atoms with van der Waals surface area (Å²) < 4.78 is 10.5. The molecule has 108 valence electrons. The molecule has 0 heterocycles. The lowest BCUT2D eigenvalue weighted by Gasteiger charge is -2.13. The number of benzene rings is 1. The molecule has 0 bridgehead atoms. The number of ether oxygens (including phenoxy) is 2. The molecule has 6 heteroatoms. The molecular weight excluding hydrogens is 270 g/mol. The first-order valence-corrected chi connectivity index (χ1v) is 5.87. The first kappa shape index (κ1) is 17.7. The summed E-state index contributed by atoms with van der Waals surface area (Å²) in [6, 6.07) is 4.94. The summed E-state index contributed by atoms with van der Waals surface area (Å²) in [5.74, 6) is 0.511. The second-order valence-corrected chi connectivity index (χ2v) is 3.95. The highest BCUT2D eigenvalue weighted by atomic mass is 35.5. The number of carbonyl (C=O) groups is 1. The maximum absolute atomic E-state index is 10.9. The summed E-state index contributed by atoms with van der Waals surface area (Å²) in [6.07, 6.45) is 0.539. The van der Waals surface area contributed by atoms with Gasteiger partial charge < -0.3 is 20.3 Å². The van der Waals surface area contributed by atoms with Crippen LogP contribution in [0.15, 0.2) is 18.2 Å². The molecular formula is C13H20ClNO4. The van der Waals surface area contributed by atoms with E-state index in [4.69, 9.17) is 20.3 Å². The first-order chi connectivity index (χ1) is 8.56. The van der Waals surface area contributed by atoms with Crippen LogP contribution in [0.5, 0.6) is 11.5 Å². The van der Waals surface area contributed by atoms with Gasteiger partial charge in [0.2, 0.25) is 0 Å². The van der Waals surface area contributed by atoms with Crippen LogP contribution in [0.4, 0.5) is 0 Å². The van der Waals surface area contributed by atoms with Crippen LogP contribution in [0.2, 0.25) is 0 Å². The van der Waals surface area contributed by atoms with Gasteiger partial charge in [-0.15, -0.1) is 12.4 Å². The molecule has 19 heavy (non-hydrogen) atoms. The molecule has 1 aromatic rings. The zero-order valence-corrected chi connectivity index (χ0v) is 11.9. The van der Waals surface area contributed by atoms with Gasteiger partial charge in [0.25, 0.3) is 0 Å². The molecule has 0 spiro atoms. The van der Waals surface area contributed by atoms with Crippen molar-refractivity contribution >= 4 is 18.4 Å². The van der Waals surface area contributed by atoms with Crippen molar-refractivity contribution in [1.29, 1.82) is 0 Å². The fourth-order valence-electron chi connectivity index (χ4n) is 1.55. The largest absolute Gasteiger partial charge is 0.490 e. The maximum Gasteiger partial charge on any atom is 0.308 e. The molecule has 0 radical (unpaired) electrons. The minimum absolute atomic E-state index is 0. The third kappa shape index (κ3) is 5.92. The Morgan fingerprint density at radius 1 is 1.42 bits per heavy atom. The van der Waals surface area contributed by atoms with E-state index in [1.807, 2.05) is 6.92 Å². The lowest BCUT2D eigenvalue weighted by molar-refractivity contribution is -0.132. The van der Waals surface area contributed by atoms with Crippen LogP contribution in [0.1, 0.15) is 19.4 Å². The minimum atomic E-state index is -0.393. The molecule has 1 atom stereocenters. The van der Waals surface area contributed by atoms with E-state index in [2.05, 4.69) is 0 Å². The summed E-state index contributed by atoms with van der Waals surface area (Å²) in [6.45, 7) is 3.59. The fraction of sp³-hybridized carbons (Fsp3) is 0.462. The summed E-state index contributed by atoms with van der Waals surface area (Å²) >= 11 is 0. The van der Waals surface area contributed by atoms with Crippen molar-refractivity contribution in [3.63, 3.8) is 0 Å². The molecule has 3 N–H and O–H groups in total. The highest BCUT2D eigenvalue weighted by Gasteiger charge is 2.10. The standard InChI is InChI=1S/C13H19NO4.ClH/c1-3-17-13-7-10(6-11(14)8-15)4-5-12(13)18-9(2)16;/h4-5,7,11,15H,3,6,8,14H2,1-2H3;1H. The molecule has 1 unspecified atom stereocenters. The third-order valence-corrected chi connectivity index (χ3v) is 2.29. The van der Waals surface area contributed by atoms with E-state index in [1.54, 1.807) is 18.2 Å². The van der Waals surface area contributed by atoms with Crippen LogP contribution < -0.4 is 15.2 Å². The van der Waals surface area contributed by atoms with Gasteiger partial charge >= 0.3 is 5.97 Å². The summed E-state index contributed by atoms with van der Waals surface area (Å²) in [7, 11) is 0. The Morgan fingerprint density at radius 3 is 2.63 bits per heavy atom. The molecule has 0 aliphatic rings. The van der Waals surface area contributed by atoms with Gasteiger partial charge in [-0.3, -0.25) is 4.79 Å². The van der Waals surface area contributed by atoms with Gasteiger partial charge in [0.05, 0.1) is 13.2 Å². The van der Waals surface area contributed by atoms with E-state index in [-0.39, 0.29) is 25.1 Å². The lowest BCUT2D eigenvalue weighted by Crippen LogP contribution is -2.26. The number of hydrogen-bond acceptors (Lipinski definition) is 5. The van der Waals surface area contributed by atoms with Gasteiger partial charge in [-0.25, -0.2) is 0 Å². The average molecular weight is 290 g/mol. The highest BCUT2D eigenvalue weighted by molar-refractivity contribution is 5.85. The molecule has 0 amide bonds. The second-order valence-electron chi connectivity index (χ2n) is 3.95. The van der Waals surface area contributed by atoms with Gasteiger partial charge in [0, 0.05) is 13.0 Å². The first-order valence-electron chi connectivity index (χ1n) is 5.87. The Kier molecular flexibility index (Phi) is 8.14. The van der Waals surface area contributed by atoms with E-state index in [0.717, 1.165) is 5.56 Å². The van der Waals surface area contributed by atoms with Crippen molar-refractivity contribution in [3.8, 4) is 11.5 Å². The zero-order valence-electron chi connectivity index (χ0n) is 11.1. The Bertz CT molecular complexity index is 412. The van der Waals surface area contributed by atoms with Crippen LogP contribution >= 0.6 is 12.4 Å². The summed E-state index contributed by atoms with van der Waals surface area (Å²) in [5, 5.41) is 8.92. The zero-order chi connectivity index (χ0) is 13.5. The Morgan fingerprint density at radius 2 is 2.11 bits per heavy atom. The molecule has 0 saturated heterocycles. The molecule has 0 fully saturated rings. The Balaban J connectivity index is 0.00000324. The predicted octanol–water partition coefficient (Wildman–Crippen LogP) is 1.29. The van der Waals surface area contributed by atoms with Crippen molar-refractivity contribution in [1.82, 2.24) is 0 Å². The lowest BCUT2D eigenvalue weighted by atomic mass is 10.1. The minimum Gasteiger partial charge on any atom is -0.490 e.